The maximum atomic E-state index is 11.3. The molecule has 1 saturated heterocycles. The normalized spacial score (nSPS) is 24.6. The minimum atomic E-state index is -0.802. The van der Waals surface area contributed by atoms with E-state index < -0.39 is 5.60 Å². The summed E-state index contributed by atoms with van der Waals surface area (Å²) in [7, 11) is 2.10. The Bertz CT molecular complexity index is 278. The number of hydrogen-bond donors (Lipinski definition) is 0. The van der Waals surface area contributed by atoms with Crippen LogP contribution in [0.1, 0.15) is 26.7 Å². The molecule has 0 amide bonds. The molecule has 1 aliphatic rings. The average molecular weight is 248 g/mol. The van der Waals surface area contributed by atoms with Gasteiger partial charge < -0.3 is 14.0 Å². The van der Waals surface area contributed by atoms with Crippen molar-refractivity contribution in [3.05, 3.63) is 0 Å². The number of esters is 2. The van der Waals surface area contributed by atoms with Crippen molar-refractivity contribution in [3.8, 4) is 0 Å². The van der Waals surface area contributed by atoms with E-state index in [4.69, 9.17) is 14.0 Å². The van der Waals surface area contributed by atoms with Crippen LogP contribution < -0.4 is 0 Å². The van der Waals surface area contributed by atoms with Gasteiger partial charge in [0, 0.05) is 22.3 Å². The van der Waals surface area contributed by atoms with Crippen molar-refractivity contribution in [1.29, 1.82) is 0 Å². The van der Waals surface area contributed by atoms with Gasteiger partial charge >= 0.3 is 11.9 Å². The van der Waals surface area contributed by atoms with Crippen molar-refractivity contribution in [3.63, 3.8) is 0 Å². The van der Waals surface area contributed by atoms with Crippen LogP contribution in [0, 0.1) is 5.92 Å². The molecule has 1 aliphatic heterocycles. The highest BCUT2D eigenvalue weighted by atomic mass is 31.0. The van der Waals surface area contributed by atoms with Gasteiger partial charge in [-0.15, -0.1) is 0 Å². The Morgan fingerprint density at radius 3 is 2.69 bits per heavy atom. The molecule has 1 heterocycles. The van der Waals surface area contributed by atoms with Crippen molar-refractivity contribution < 1.29 is 23.6 Å². The van der Waals surface area contributed by atoms with Gasteiger partial charge in [-0.3, -0.25) is 9.59 Å². The molecular formula is C10H17O5P. The Kier molecular flexibility index (Phi) is 4.69. The molecule has 5 nitrogen and oxygen atoms in total. The number of cyclic esters (lactones) is 1. The van der Waals surface area contributed by atoms with Gasteiger partial charge in [0.1, 0.15) is 6.61 Å². The van der Waals surface area contributed by atoms with Gasteiger partial charge in [-0.1, -0.05) is 13.8 Å². The standard InChI is InChI=1S/C10H17O5P/c1-7(2)9(12)13-5-10(6-14-16)4-3-8(11)15-10/h7H,3-6,16H2,1-2H3. The average Bonchev–Trinajstić information content (AvgIpc) is 2.58. The van der Waals surface area contributed by atoms with Crippen LogP contribution in [-0.2, 0) is 23.6 Å². The lowest BCUT2D eigenvalue weighted by molar-refractivity contribution is -0.167. The van der Waals surface area contributed by atoms with E-state index in [-0.39, 0.29) is 31.1 Å². The van der Waals surface area contributed by atoms with Crippen LogP contribution in [0.3, 0.4) is 0 Å². The second kappa shape index (κ2) is 5.60. The molecule has 0 bridgehead atoms. The summed E-state index contributed by atoms with van der Waals surface area (Å²) in [5, 5.41) is 0. The van der Waals surface area contributed by atoms with E-state index in [2.05, 4.69) is 9.47 Å². The summed E-state index contributed by atoms with van der Waals surface area (Å²) in [5.41, 5.74) is -0.802. The number of carbonyl (C=O) groups is 2. The van der Waals surface area contributed by atoms with Crippen molar-refractivity contribution in [1.82, 2.24) is 0 Å². The van der Waals surface area contributed by atoms with E-state index >= 15 is 0 Å². The summed E-state index contributed by atoms with van der Waals surface area (Å²) in [5.74, 6) is -0.764. The summed E-state index contributed by atoms with van der Waals surface area (Å²) in [4.78, 5) is 22.4. The van der Waals surface area contributed by atoms with Crippen molar-refractivity contribution in [2.45, 2.75) is 32.3 Å². The maximum Gasteiger partial charge on any atom is 0.308 e. The Morgan fingerprint density at radius 2 is 2.25 bits per heavy atom. The van der Waals surface area contributed by atoms with Gasteiger partial charge in [0.05, 0.1) is 12.5 Å². The van der Waals surface area contributed by atoms with E-state index in [1.165, 1.54) is 0 Å². The topological polar surface area (TPSA) is 61.8 Å². The summed E-state index contributed by atoms with van der Waals surface area (Å²) >= 11 is 0. The van der Waals surface area contributed by atoms with Crippen LogP contribution >= 0.6 is 9.47 Å². The van der Waals surface area contributed by atoms with Crippen molar-refractivity contribution in [2.24, 2.45) is 5.92 Å². The van der Waals surface area contributed by atoms with E-state index in [9.17, 15) is 9.59 Å². The Morgan fingerprint density at radius 1 is 1.56 bits per heavy atom. The zero-order valence-corrected chi connectivity index (χ0v) is 10.7. The molecule has 0 spiro atoms. The Balaban J connectivity index is 2.52. The summed E-state index contributed by atoms with van der Waals surface area (Å²) in [6.07, 6.45) is 0.860. The molecular weight excluding hydrogens is 231 g/mol. The lowest BCUT2D eigenvalue weighted by atomic mass is 10.0. The van der Waals surface area contributed by atoms with Gasteiger partial charge in [-0.05, 0) is 0 Å². The minimum absolute atomic E-state index is 0.0597. The first-order chi connectivity index (χ1) is 7.49. The first-order valence-electron chi connectivity index (χ1n) is 5.19. The molecule has 0 aliphatic carbocycles. The molecule has 6 heteroatoms. The van der Waals surface area contributed by atoms with E-state index in [1.807, 2.05) is 0 Å². The second-order valence-electron chi connectivity index (χ2n) is 4.23. The smallest absolute Gasteiger partial charge is 0.308 e. The predicted octanol–water partition coefficient (Wildman–Crippen LogP) is 1.07. The molecule has 1 rings (SSSR count). The van der Waals surface area contributed by atoms with Gasteiger partial charge in [0.15, 0.2) is 5.60 Å². The number of rotatable bonds is 5. The second-order valence-corrected chi connectivity index (χ2v) is 4.56. The highest BCUT2D eigenvalue weighted by molar-refractivity contribution is 7.09. The van der Waals surface area contributed by atoms with Crippen molar-refractivity contribution >= 4 is 21.4 Å². The first-order valence-corrected chi connectivity index (χ1v) is 5.66. The monoisotopic (exact) mass is 248 g/mol. The third-order valence-electron chi connectivity index (χ3n) is 2.41. The van der Waals surface area contributed by atoms with Crippen LogP contribution in [0.15, 0.2) is 0 Å². The molecule has 0 saturated carbocycles. The van der Waals surface area contributed by atoms with Crippen LogP contribution in [0.4, 0.5) is 0 Å². The molecule has 0 N–H and O–H groups in total. The molecule has 92 valence electrons. The van der Waals surface area contributed by atoms with Gasteiger partial charge in [-0.2, -0.15) is 0 Å². The van der Waals surface area contributed by atoms with Crippen molar-refractivity contribution in [2.75, 3.05) is 13.2 Å². The molecule has 16 heavy (non-hydrogen) atoms. The highest BCUT2D eigenvalue weighted by Gasteiger charge is 2.42. The van der Waals surface area contributed by atoms with Gasteiger partial charge in [0.25, 0.3) is 0 Å². The molecule has 0 aromatic carbocycles. The van der Waals surface area contributed by atoms with Gasteiger partial charge in [0.2, 0.25) is 0 Å². The minimum Gasteiger partial charge on any atom is -0.461 e. The summed E-state index contributed by atoms with van der Waals surface area (Å²) < 4.78 is 15.2. The fraction of sp³-hybridized carbons (Fsp3) is 0.800. The fourth-order valence-corrected chi connectivity index (χ4v) is 1.74. The third-order valence-corrected chi connectivity index (χ3v) is 2.58. The Labute approximate surface area is 97.1 Å². The molecule has 2 atom stereocenters. The molecule has 0 aromatic rings. The molecule has 2 unspecified atom stereocenters. The number of hydrogen-bond acceptors (Lipinski definition) is 5. The quantitative estimate of drug-likeness (QED) is 0.538. The van der Waals surface area contributed by atoms with Crippen LogP contribution in [-0.4, -0.2) is 30.8 Å². The zero-order chi connectivity index (χ0) is 12.2. The van der Waals surface area contributed by atoms with Crippen LogP contribution in [0.5, 0.6) is 0 Å². The lowest BCUT2D eigenvalue weighted by Gasteiger charge is -2.26. The third kappa shape index (κ3) is 3.42. The molecule has 0 aromatic heterocycles. The number of ether oxygens (including phenoxy) is 2. The summed E-state index contributed by atoms with van der Waals surface area (Å²) in [6.45, 7) is 3.78. The van der Waals surface area contributed by atoms with E-state index in [1.54, 1.807) is 13.8 Å². The largest absolute Gasteiger partial charge is 0.461 e. The molecule has 0 radical (unpaired) electrons. The fourth-order valence-electron chi connectivity index (χ4n) is 1.44. The predicted molar refractivity (Wildman–Crippen MR) is 59.5 cm³/mol. The highest BCUT2D eigenvalue weighted by Crippen LogP contribution is 2.28. The SMILES string of the molecule is CC(C)C(=O)OCC1(COP)CCC(=O)O1. The Hall–Kier alpha value is -0.670. The summed E-state index contributed by atoms with van der Waals surface area (Å²) in [6, 6.07) is 0. The van der Waals surface area contributed by atoms with Crippen LogP contribution in [0.25, 0.3) is 0 Å². The number of carbonyl (C=O) groups excluding carboxylic acids is 2. The lowest BCUT2D eigenvalue weighted by Crippen LogP contribution is -2.40. The molecule has 1 fully saturated rings. The zero-order valence-electron chi connectivity index (χ0n) is 9.52. The van der Waals surface area contributed by atoms with E-state index in [0.717, 1.165) is 0 Å². The first kappa shape index (κ1) is 13.4. The van der Waals surface area contributed by atoms with Gasteiger partial charge in [-0.25, -0.2) is 0 Å². The maximum absolute atomic E-state index is 11.3. The van der Waals surface area contributed by atoms with E-state index in [0.29, 0.717) is 12.8 Å². The van der Waals surface area contributed by atoms with Crippen LogP contribution in [0.2, 0.25) is 0 Å².